The van der Waals surface area contributed by atoms with Gasteiger partial charge in [0.05, 0.1) is 17.4 Å². The van der Waals surface area contributed by atoms with E-state index in [9.17, 15) is 14.7 Å². The fraction of sp³-hybridized carbons (Fsp3) is 0.167. The van der Waals surface area contributed by atoms with Crippen LogP contribution >= 0.6 is 11.6 Å². The minimum Gasteiger partial charge on any atom is -0.508 e. The Kier molecular flexibility index (Phi) is 4.68. The molecular formula is C24H19ClN2O4. The third kappa shape index (κ3) is 2.99. The molecule has 1 N–H and O–H groups in total. The highest BCUT2D eigenvalue weighted by Gasteiger charge is 2.60. The molecule has 2 fully saturated rings. The number of amides is 2. The average Bonchev–Trinajstić information content (AvgIpc) is 3.28. The summed E-state index contributed by atoms with van der Waals surface area (Å²) in [7, 11) is 0. The van der Waals surface area contributed by atoms with Gasteiger partial charge in [-0.2, -0.15) is 0 Å². The number of aromatic hydroxyl groups is 1. The summed E-state index contributed by atoms with van der Waals surface area (Å²) in [5.74, 6) is -1.61. The van der Waals surface area contributed by atoms with E-state index in [0.717, 1.165) is 4.90 Å². The highest BCUT2D eigenvalue weighted by Crippen LogP contribution is 2.49. The van der Waals surface area contributed by atoms with Crippen LogP contribution in [0, 0.1) is 12.8 Å². The van der Waals surface area contributed by atoms with Gasteiger partial charge in [0.25, 0.3) is 5.91 Å². The topological polar surface area (TPSA) is 70.1 Å². The zero-order valence-corrected chi connectivity index (χ0v) is 17.4. The summed E-state index contributed by atoms with van der Waals surface area (Å²) < 4.78 is 0. The lowest BCUT2D eigenvalue weighted by Crippen LogP contribution is -2.37. The number of nitrogens with zero attached hydrogens (tertiary/aromatic N) is 2. The monoisotopic (exact) mass is 434 g/mol. The third-order valence-electron chi connectivity index (χ3n) is 5.86. The summed E-state index contributed by atoms with van der Waals surface area (Å²) in [6.45, 7) is 1.77. The van der Waals surface area contributed by atoms with Gasteiger partial charge in [0, 0.05) is 10.6 Å². The number of halogens is 1. The van der Waals surface area contributed by atoms with Crippen molar-refractivity contribution in [1.82, 2.24) is 0 Å². The molecule has 31 heavy (non-hydrogen) atoms. The Balaban J connectivity index is 1.63. The van der Waals surface area contributed by atoms with Crippen LogP contribution < -0.4 is 9.96 Å². The van der Waals surface area contributed by atoms with Gasteiger partial charge in [-0.1, -0.05) is 54.1 Å². The number of carbonyl (C=O) groups excluding carboxylic acids is 2. The zero-order chi connectivity index (χ0) is 21.7. The van der Waals surface area contributed by atoms with Gasteiger partial charge >= 0.3 is 0 Å². The molecule has 2 heterocycles. The average molecular weight is 435 g/mol. The van der Waals surface area contributed by atoms with Crippen molar-refractivity contribution in [2.45, 2.75) is 19.1 Å². The van der Waals surface area contributed by atoms with Crippen molar-refractivity contribution in [2.24, 2.45) is 5.92 Å². The van der Waals surface area contributed by atoms with Crippen molar-refractivity contribution in [3.05, 3.63) is 88.9 Å². The normalized spacial score (nSPS) is 22.8. The molecule has 7 heteroatoms. The van der Waals surface area contributed by atoms with Crippen LogP contribution in [0.3, 0.4) is 0 Å². The van der Waals surface area contributed by atoms with E-state index >= 15 is 0 Å². The Morgan fingerprint density at radius 1 is 0.903 bits per heavy atom. The Morgan fingerprint density at radius 2 is 1.61 bits per heavy atom. The number of fused-ring (bicyclic) bond motifs is 1. The maximum absolute atomic E-state index is 13.6. The number of phenolic OH excluding ortho intramolecular Hbond substituents is 1. The van der Waals surface area contributed by atoms with E-state index in [1.165, 1.54) is 0 Å². The first-order valence-electron chi connectivity index (χ1n) is 9.91. The second-order valence-corrected chi connectivity index (χ2v) is 8.02. The van der Waals surface area contributed by atoms with E-state index in [4.69, 9.17) is 16.4 Å². The first-order chi connectivity index (χ1) is 15.0. The zero-order valence-electron chi connectivity index (χ0n) is 16.6. The lowest BCUT2D eigenvalue weighted by Gasteiger charge is -2.29. The SMILES string of the molecule is Cc1c(Cl)cccc1N1C(=O)[C@@H]2[C@H](ON(c3ccccc3)[C@H]2c2ccccc2O)C1=O. The van der Waals surface area contributed by atoms with Crippen LogP contribution in [0.25, 0.3) is 0 Å². The van der Waals surface area contributed by atoms with Crippen molar-refractivity contribution in [3.8, 4) is 5.75 Å². The smallest absolute Gasteiger partial charge is 0.266 e. The Hall–Kier alpha value is -3.35. The number of hydrogen-bond donors (Lipinski definition) is 1. The molecule has 0 unspecified atom stereocenters. The number of imide groups is 1. The second kappa shape index (κ2) is 7.41. The molecule has 0 bridgehead atoms. The molecule has 0 radical (unpaired) electrons. The maximum atomic E-state index is 13.6. The van der Waals surface area contributed by atoms with Gasteiger partial charge in [-0.3, -0.25) is 14.4 Å². The van der Waals surface area contributed by atoms with Gasteiger partial charge in [-0.15, -0.1) is 0 Å². The van der Waals surface area contributed by atoms with Crippen LogP contribution in [0.2, 0.25) is 5.02 Å². The van der Waals surface area contributed by atoms with E-state index in [1.807, 2.05) is 30.3 Å². The van der Waals surface area contributed by atoms with Crippen molar-refractivity contribution < 1.29 is 19.5 Å². The van der Waals surface area contributed by atoms with E-state index in [1.54, 1.807) is 54.5 Å². The van der Waals surface area contributed by atoms with Gasteiger partial charge in [0.2, 0.25) is 5.91 Å². The minimum absolute atomic E-state index is 0.0373. The van der Waals surface area contributed by atoms with Gasteiger partial charge in [0.15, 0.2) is 6.10 Å². The molecule has 0 aliphatic carbocycles. The van der Waals surface area contributed by atoms with Crippen molar-refractivity contribution in [1.29, 1.82) is 0 Å². The molecule has 2 amide bonds. The van der Waals surface area contributed by atoms with Gasteiger partial charge < -0.3 is 5.11 Å². The van der Waals surface area contributed by atoms with E-state index < -0.39 is 24.0 Å². The fourth-order valence-corrected chi connectivity index (χ4v) is 4.51. The lowest BCUT2D eigenvalue weighted by atomic mass is 9.90. The third-order valence-corrected chi connectivity index (χ3v) is 6.27. The number of anilines is 2. The molecule has 6 nitrogen and oxygen atoms in total. The molecule has 2 aliphatic rings. The summed E-state index contributed by atoms with van der Waals surface area (Å²) in [6.07, 6.45) is -1.00. The molecular weight excluding hydrogens is 416 g/mol. The molecule has 0 aromatic heterocycles. The van der Waals surface area contributed by atoms with Crippen molar-refractivity contribution in [2.75, 3.05) is 9.96 Å². The number of rotatable bonds is 3. The molecule has 5 rings (SSSR count). The van der Waals surface area contributed by atoms with Crippen molar-refractivity contribution in [3.63, 3.8) is 0 Å². The summed E-state index contributed by atoms with van der Waals surface area (Å²) in [4.78, 5) is 34.2. The number of benzene rings is 3. The highest BCUT2D eigenvalue weighted by atomic mass is 35.5. The highest BCUT2D eigenvalue weighted by molar-refractivity contribution is 6.32. The van der Waals surface area contributed by atoms with Crippen LogP contribution in [-0.4, -0.2) is 23.0 Å². The van der Waals surface area contributed by atoms with E-state index in [-0.39, 0.29) is 11.7 Å². The summed E-state index contributed by atoms with van der Waals surface area (Å²) >= 11 is 6.24. The van der Waals surface area contributed by atoms with Crippen LogP contribution in [0.4, 0.5) is 11.4 Å². The van der Waals surface area contributed by atoms with Gasteiger partial charge in [0.1, 0.15) is 11.7 Å². The Morgan fingerprint density at radius 3 is 2.35 bits per heavy atom. The number of para-hydroxylation sites is 2. The van der Waals surface area contributed by atoms with Crippen LogP contribution in [-0.2, 0) is 14.4 Å². The predicted octanol–water partition coefficient (Wildman–Crippen LogP) is 4.41. The first-order valence-corrected chi connectivity index (χ1v) is 10.3. The number of hydroxylamine groups is 1. The molecule has 156 valence electrons. The number of carbonyl (C=O) groups is 2. The Bertz CT molecular complexity index is 1180. The predicted molar refractivity (Wildman–Crippen MR) is 117 cm³/mol. The molecule has 2 saturated heterocycles. The standard InChI is InChI=1S/C24H19ClN2O4/c1-14-17(25)11-7-12-18(14)26-23(29)20-21(16-10-5-6-13-19(16)28)27(31-22(20)24(26)30)15-8-3-2-4-9-15/h2-13,20-22,28H,1H3/t20-,21-,22-/m0/s1. The number of hydrogen-bond acceptors (Lipinski definition) is 5. The Labute approximate surface area is 184 Å². The molecule has 3 atom stereocenters. The molecule has 0 saturated carbocycles. The molecule has 3 aromatic rings. The van der Waals surface area contributed by atoms with Gasteiger partial charge in [-0.05, 0) is 42.8 Å². The lowest BCUT2D eigenvalue weighted by molar-refractivity contribution is -0.126. The molecule has 2 aliphatic heterocycles. The minimum atomic E-state index is -1.00. The van der Waals surface area contributed by atoms with E-state index in [0.29, 0.717) is 27.5 Å². The van der Waals surface area contributed by atoms with Gasteiger partial charge in [-0.25, -0.2) is 9.96 Å². The second-order valence-electron chi connectivity index (χ2n) is 7.61. The first kappa shape index (κ1) is 19.6. The molecule has 3 aromatic carbocycles. The number of phenols is 1. The molecule has 0 spiro atoms. The van der Waals surface area contributed by atoms with Crippen LogP contribution in [0.1, 0.15) is 17.2 Å². The van der Waals surface area contributed by atoms with Crippen LogP contribution in [0.5, 0.6) is 5.75 Å². The largest absolute Gasteiger partial charge is 0.508 e. The van der Waals surface area contributed by atoms with Crippen LogP contribution in [0.15, 0.2) is 72.8 Å². The summed E-state index contributed by atoms with van der Waals surface area (Å²) in [5.41, 5.74) is 2.30. The summed E-state index contributed by atoms with van der Waals surface area (Å²) in [6, 6.07) is 20.5. The van der Waals surface area contributed by atoms with Crippen molar-refractivity contribution >= 4 is 34.8 Å². The fourth-order valence-electron chi connectivity index (χ4n) is 4.34. The maximum Gasteiger partial charge on any atom is 0.266 e. The summed E-state index contributed by atoms with van der Waals surface area (Å²) in [5, 5.41) is 12.6. The quantitative estimate of drug-likeness (QED) is 0.618. The van der Waals surface area contributed by atoms with E-state index in [2.05, 4.69) is 0 Å².